The topological polar surface area (TPSA) is 127 Å². The molecule has 0 aliphatic carbocycles. The minimum absolute atomic E-state index is 0.0134. The molecule has 55 heavy (non-hydrogen) atoms. The van der Waals surface area contributed by atoms with Gasteiger partial charge in [-0.2, -0.15) is 0 Å². The van der Waals surface area contributed by atoms with Gasteiger partial charge in [0, 0.05) is 30.6 Å². The van der Waals surface area contributed by atoms with Crippen molar-refractivity contribution < 1.29 is 38.4 Å². The van der Waals surface area contributed by atoms with E-state index in [0.29, 0.717) is 68.5 Å². The van der Waals surface area contributed by atoms with Crippen molar-refractivity contribution in [1.82, 2.24) is 14.5 Å². The van der Waals surface area contributed by atoms with E-state index >= 15 is 0 Å². The summed E-state index contributed by atoms with van der Waals surface area (Å²) in [6.45, 7) is 17.3. The Morgan fingerprint density at radius 3 is 2.42 bits per heavy atom. The number of hydrogen-bond donors (Lipinski definition) is 2. The predicted molar refractivity (Wildman–Crippen MR) is 215 cm³/mol. The monoisotopic (exact) mass is 782 g/mol. The average Bonchev–Trinajstić information content (AvgIpc) is 3.98. The van der Waals surface area contributed by atoms with E-state index in [1.54, 1.807) is 25.1 Å². The van der Waals surface area contributed by atoms with Crippen LogP contribution in [0.1, 0.15) is 99.3 Å². The summed E-state index contributed by atoms with van der Waals surface area (Å²) in [6, 6.07) is 12.2. The highest BCUT2D eigenvalue weighted by Crippen LogP contribution is 2.39. The molecule has 4 atom stereocenters. The lowest BCUT2D eigenvalue weighted by Crippen LogP contribution is -2.59. The number of aromatic hydroxyl groups is 1. The first kappa shape index (κ1) is 43.5. The van der Waals surface area contributed by atoms with Crippen LogP contribution in [-0.2, 0) is 22.6 Å². The van der Waals surface area contributed by atoms with E-state index in [2.05, 4.69) is 14.4 Å². The van der Waals surface area contributed by atoms with Gasteiger partial charge in [0.15, 0.2) is 5.78 Å². The van der Waals surface area contributed by atoms with Crippen LogP contribution in [0.4, 0.5) is 10.1 Å². The van der Waals surface area contributed by atoms with E-state index in [-0.39, 0.29) is 45.7 Å². The molecule has 4 heterocycles. The first-order chi connectivity index (χ1) is 26.6. The molecular weight excluding hydrogens is 727 g/mol. The minimum Gasteiger partial charge on any atom is -0.507 e. The molecule has 3 aliphatic rings. The molecule has 4 unspecified atom stereocenters. The minimum atomic E-state index is -1.05. The largest absolute Gasteiger partial charge is 0.507 e. The van der Waals surface area contributed by atoms with Crippen LogP contribution in [0.25, 0.3) is 11.0 Å². The Balaban J connectivity index is 0.00000107. The van der Waals surface area contributed by atoms with E-state index < -0.39 is 23.5 Å². The predicted octanol–water partition coefficient (Wildman–Crippen LogP) is 8.57. The number of aromatic nitrogens is 2. The zero-order chi connectivity index (χ0) is 40.4. The van der Waals surface area contributed by atoms with Crippen molar-refractivity contribution in [3.8, 4) is 11.5 Å². The molecule has 3 aliphatic heterocycles. The summed E-state index contributed by atoms with van der Waals surface area (Å²) in [5, 5.41) is 21.1. The maximum absolute atomic E-state index is 14.9. The number of carbonyl (C=O) groups excluding carboxylic acids is 1. The highest BCUT2D eigenvalue weighted by molar-refractivity contribution is 6.30. The fraction of sp³-hybridized carbons (Fsp3) is 0.500. The summed E-state index contributed by atoms with van der Waals surface area (Å²) in [5.41, 5.74) is 2.30. The van der Waals surface area contributed by atoms with E-state index in [9.17, 15) is 24.2 Å². The second-order valence-electron chi connectivity index (χ2n) is 12.9. The quantitative estimate of drug-likeness (QED) is 0.151. The van der Waals surface area contributed by atoms with Crippen molar-refractivity contribution in [1.29, 1.82) is 0 Å². The van der Waals surface area contributed by atoms with Gasteiger partial charge < -0.3 is 33.9 Å². The highest BCUT2D eigenvalue weighted by atomic mass is 35.5. The Hall–Kier alpha value is -4.23. The van der Waals surface area contributed by atoms with Crippen molar-refractivity contribution >= 4 is 40.1 Å². The van der Waals surface area contributed by atoms with Gasteiger partial charge in [0.2, 0.25) is 0 Å². The molecule has 3 aromatic carbocycles. The van der Waals surface area contributed by atoms with Crippen LogP contribution in [0.2, 0.25) is 5.02 Å². The maximum Gasteiger partial charge on any atom is 0.335 e. The number of anilines is 1. The number of piperazine rings is 1. The number of imidazole rings is 1. The molecule has 0 amide bonds. The normalized spacial score (nSPS) is 19.6. The van der Waals surface area contributed by atoms with Crippen LogP contribution in [0.5, 0.6) is 11.5 Å². The van der Waals surface area contributed by atoms with Crippen LogP contribution in [0.3, 0.4) is 0 Å². The maximum atomic E-state index is 14.9. The number of halogens is 2. The Morgan fingerprint density at radius 1 is 1.04 bits per heavy atom. The summed E-state index contributed by atoms with van der Waals surface area (Å²) in [4.78, 5) is 35.4. The number of Topliss-reactive ketones (excluding diaryl/α,β-unsaturated/α-hetero) is 1. The number of phenols is 1. The van der Waals surface area contributed by atoms with Crippen molar-refractivity contribution in [2.45, 2.75) is 98.5 Å². The molecular formula is C42H56ClFN4O7. The number of nitrogens with zero attached hydrogens (tertiary/aromatic N) is 4. The number of carbonyl (C=O) groups is 2. The Bertz CT molecular complexity index is 1910. The van der Waals surface area contributed by atoms with Crippen molar-refractivity contribution in [2.24, 2.45) is 0 Å². The number of ether oxygens (including phenoxy) is 3. The van der Waals surface area contributed by atoms with Gasteiger partial charge in [0.05, 0.1) is 73.9 Å². The molecule has 300 valence electrons. The third-order valence-electron chi connectivity index (χ3n) is 10.0. The molecule has 3 saturated heterocycles. The van der Waals surface area contributed by atoms with Crippen LogP contribution in [0.15, 0.2) is 48.5 Å². The number of methoxy groups -OCH3 is 1. The third kappa shape index (κ3) is 9.26. The van der Waals surface area contributed by atoms with Gasteiger partial charge >= 0.3 is 5.97 Å². The fourth-order valence-electron chi connectivity index (χ4n) is 7.49. The van der Waals surface area contributed by atoms with Gasteiger partial charge in [-0.1, -0.05) is 72.2 Å². The Kier molecular flexibility index (Phi) is 15.9. The summed E-state index contributed by atoms with van der Waals surface area (Å²) in [5.74, 6) is -1.90. The molecule has 2 N–H and O–H groups in total. The van der Waals surface area contributed by atoms with Crippen molar-refractivity contribution in [2.75, 3.05) is 44.9 Å². The van der Waals surface area contributed by atoms with Gasteiger partial charge in [0.25, 0.3) is 0 Å². The second kappa shape index (κ2) is 20.1. The van der Waals surface area contributed by atoms with Gasteiger partial charge in [-0.15, -0.1) is 0 Å². The fourth-order valence-corrected chi connectivity index (χ4v) is 7.65. The smallest absolute Gasteiger partial charge is 0.335 e. The lowest BCUT2D eigenvalue weighted by Gasteiger charge is -2.45. The first-order valence-electron chi connectivity index (χ1n) is 19.5. The molecule has 0 saturated carbocycles. The second-order valence-corrected chi connectivity index (χ2v) is 13.3. The van der Waals surface area contributed by atoms with Crippen LogP contribution < -0.4 is 9.64 Å². The van der Waals surface area contributed by atoms with Crippen LogP contribution in [-0.4, -0.2) is 94.6 Å². The van der Waals surface area contributed by atoms with Crippen LogP contribution in [0, 0.1) is 5.82 Å². The third-order valence-corrected chi connectivity index (χ3v) is 10.3. The molecule has 13 heteroatoms. The van der Waals surface area contributed by atoms with E-state index in [4.69, 9.17) is 30.8 Å². The van der Waals surface area contributed by atoms with Gasteiger partial charge in [0.1, 0.15) is 28.7 Å². The number of phenolic OH excluding ortho intramolecular Hbond substituents is 1. The van der Waals surface area contributed by atoms with Crippen molar-refractivity contribution in [3.63, 3.8) is 0 Å². The summed E-state index contributed by atoms with van der Waals surface area (Å²) < 4.78 is 34.5. The molecule has 0 spiro atoms. The number of hydrogen-bond acceptors (Lipinski definition) is 9. The molecule has 1 aromatic heterocycles. The zero-order valence-corrected chi connectivity index (χ0v) is 34.0. The number of aromatic carboxylic acids is 1. The number of carboxylic acids is 1. The lowest BCUT2D eigenvalue weighted by atomic mass is 9.89. The summed E-state index contributed by atoms with van der Waals surface area (Å²) >= 11 is 5.96. The summed E-state index contributed by atoms with van der Waals surface area (Å²) in [7, 11) is 1.51. The molecule has 0 radical (unpaired) electrons. The molecule has 3 fully saturated rings. The first-order valence-corrected chi connectivity index (χ1v) is 19.8. The van der Waals surface area contributed by atoms with Gasteiger partial charge in [-0.3, -0.25) is 9.69 Å². The standard InChI is InChI=1S/C36H38ClFN4O7.3C2H6/c1-20(24-9-8-22(37)15-25(24)38)35(44)33-26(6-3-7-30(33)43)41-11-10-40(28-18-48-19-29(28)41)17-32-39-34-27(42(32)16-23-5-4-12-49-23)13-21(36(45)46)14-31(34)47-2;3*1-2/h3,6-9,13-15,20,23,28-29,43H,4-5,10-12,16-19H2,1-2H3,(H,45,46);3*1-2H3. The summed E-state index contributed by atoms with van der Waals surface area (Å²) in [6.07, 6.45) is 1.85. The number of fused-ring (bicyclic) bond motifs is 2. The molecule has 0 bridgehead atoms. The van der Waals surface area contributed by atoms with Crippen molar-refractivity contribution in [3.05, 3.63) is 81.9 Å². The van der Waals surface area contributed by atoms with Crippen LogP contribution >= 0.6 is 11.6 Å². The SMILES string of the molecule is CC.CC.CC.COc1cc(C(=O)O)cc2c1nc(CN1CCN(c3cccc(O)c3C(=O)C(C)c3ccc(Cl)cc3F)C3COCC31)n2CC1CCCO1. The molecule has 4 aromatic rings. The number of ketones is 1. The van der Waals surface area contributed by atoms with E-state index in [1.807, 2.05) is 47.6 Å². The van der Waals surface area contributed by atoms with E-state index in [0.717, 1.165) is 18.7 Å². The highest BCUT2D eigenvalue weighted by Gasteiger charge is 2.43. The van der Waals surface area contributed by atoms with E-state index in [1.165, 1.54) is 31.4 Å². The van der Waals surface area contributed by atoms with Gasteiger partial charge in [-0.05, 0) is 54.8 Å². The Morgan fingerprint density at radius 2 is 1.76 bits per heavy atom. The molecule has 11 nitrogen and oxygen atoms in total. The number of benzene rings is 3. The Labute approximate surface area is 329 Å². The zero-order valence-electron chi connectivity index (χ0n) is 33.3. The lowest BCUT2D eigenvalue weighted by molar-refractivity contribution is 0.0696. The molecule has 7 rings (SSSR count). The number of carboxylic acid groups (broad SMARTS) is 1. The average molecular weight is 783 g/mol. The number of rotatable bonds is 10. The van der Waals surface area contributed by atoms with Gasteiger partial charge in [-0.25, -0.2) is 14.2 Å².